The minimum atomic E-state index is -0.857. The van der Waals surface area contributed by atoms with Crippen LogP contribution in [0, 0.1) is 17.5 Å². The molecule has 1 N–H and O–H groups in total. The number of carbonyl (C=O) groups is 1. The number of rotatable bonds is 12. The van der Waals surface area contributed by atoms with Crippen molar-refractivity contribution in [2.24, 2.45) is 0 Å². The zero-order valence-corrected chi connectivity index (χ0v) is 24.4. The highest BCUT2D eigenvalue weighted by Crippen LogP contribution is 2.36. The number of H-pyrrole nitrogens is 1. The first-order valence-electron chi connectivity index (χ1n) is 14.1. The topological polar surface area (TPSA) is 82.0 Å². The van der Waals surface area contributed by atoms with Crippen molar-refractivity contribution in [1.82, 2.24) is 19.7 Å². The second kappa shape index (κ2) is 13.0. The Kier molecular flexibility index (Phi) is 8.99. The zero-order valence-electron chi connectivity index (χ0n) is 24.4. The number of nitrogens with zero attached hydrogens (tertiary/aromatic N) is 3. The first-order valence-corrected chi connectivity index (χ1v) is 14.1. The molecule has 0 amide bonds. The number of halogens is 3. The highest BCUT2D eigenvalue weighted by Gasteiger charge is 2.24. The van der Waals surface area contributed by atoms with E-state index in [9.17, 15) is 9.18 Å². The molecule has 5 rings (SSSR count). The Hall–Kier alpha value is -5.12. The molecular formula is C34H31F3N4O3. The lowest BCUT2D eigenvalue weighted by atomic mass is 9.96. The Bertz CT molecular complexity index is 1860. The number of aromatic amines is 1. The highest BCUT2D eigenvalue weighted by atomic mass is 19.1. The fourth-order valence-electron chi connectivity index (χ4n) is 5.02. The van der Waals surface area contributed by atoms with Crippen molar-refractivity contribution in [3.63, 3.8) is 0 Å². The van der Waals surface area contributed by atoms with Gasteiger partial charge in [-0.15, -0.1) is 6.58 Å². The van der Waals surface area contributed by atoms with Gasteiger partial charge in [-0.2, -0.15) is 5.10 Å². The molecule has 44 heavy (non-hydrogen) atoms. The normalized spacial score (nSPS) is 11.8. The van der Waals surface area contributed by atoms with E-state index in [2.05, 4.69) is 23.2 Å². The first kappa shape index (κ1) is 30.3. The monoisotopic (exact) mass is 600 g/mol. The van der Waals surface area contributed by atoms with Gasteiger partial charge in [-0.3, -0.25) is 4.79 Å². The van der Waals surface area contributed by atoms with Gasteiger partial charge in [0.15, 0.2) is 29.0 Å². The summed E-state index contributed by atoms with van der Waals surface area (Å²) in [6.45, 7) is 11.8. The van der Waals surface area contributed by atoms with Gasteiger partial charge in [-0.05, 0) is 48.2 Å². The van der Waals surface area contributed by atoms with Crippen LogP contribution >= 0.6 is 0 Å². The molecule has 0 spiro atoms. The maximum absolute atomic E-state index is 15.6. The quantitative estimate of drug-likeness (QED) is 0.116. The Morgan fingerprint density at radius 2 is 1.93 bits per heavy atom. The summed E-state index contributed by atoms with van der Waals surface area (Å²) in [5.41, 5.74) is 2.29. The van der Waals surface area contributed by atoms with Crippen LogP contribution in [0.25, 0.3) is 28.4 Å². The molecule has 226 valence electrons. The summed E-state index contributed by atoms with van der Waals surface area (Å²) in [5.74, 6) is -2.66. The minimum Gasteiger partial charge on any atom is -0.466 e. The summed E-state index contributed by atoms with van der Waals surface area (Å²) < 4.78 is 57.9. The molecule has 0 radical (unpaired) electrons. The molecule has 0 bridgehead atoms. The van der Waals surface area contributed by atoms with Crippen molar-refractivity contribution >= 4 is 22.9 Å². The lowest BCUT2D eigenvalue weighted by Crippen LogP contribution is -2.08. The highest BCUT2D eigenvalue weighted by molar-refractivity contribution is 5.82. The van der Waals surface area contributed by atoms with E-state index in [0.29, 0.717) is 39.4 Å². The third-order valence-electron chi connectivity index (χ3n) is 7.26. The Morgan fingerprint density at radius 1 is 1.11 bits per heavy atom. The van der Waals surface area contributed by atoms with E-state index in [-0.39, 0.29) is 43.1 Å². The summed E-state index contributed by atoms with van der Waals surface area (Å²) in [7, 11) is 0. The number of esters is 1. The predicted octanol–water partition coefficient (Wildman–Crippen LogP) is 8.11. The van der Waals surface area contributed by atoms with E-state index in [1.165, 1.54) is 18.3 Å². The number of fused-ring (bicyclic) bond motifs is 1. The van der Waals surface area contributed by atoms with Gasteiger partial charge >= 0.3 is 5.97 Å². The number of nitrogens with one attached hydrogen (secondary N) is 1. The summed E-state index contributed by atoms with van der Waals surface area (Å²) in [6, 6.07) is 12.6. The Balaban J connectivity index is 1.50. The fourth-order valence-corrected chi connectivity index (χ4v) is 5.02. The smallest absolute Gasteiger partial charge is 0.306 e. The van der Waals surface area contributed by atoms with Crippen molar-refractivity contribution < 1.29 is 27.4 Å². The zero-order chi connectivity index (χ0) is 31.4. The molecule has 0 aliphatic carbocycles. The summed E-state index contributed by atoms with van der Waals surface area (Å²) >= 11 is 0. The van der Waals surface area contributed by atoms with Crippen LogP contribution in [-0.2, 0) is 22.5 Å². The fraction of sp³-hybridized carbons (Fsp3) is 0.206. The molecule has 0 saturated carbocycles. The van der Waals surface area contributed by atoms with E-state index in [1.54, 1.807) is 67.1 Å². The number of ether oxygens (including phenoxy) is 2. The number of aromatic nitrogens is 4. The van der Waals surface area contributed by atoms with E-state index < -0.39 is 29.1 Å². The van der Waals surface area contributed by atoms with Gasteiger partial charge in [0.25, 0.3) is 0 Å². The second-order valence-electron chi connectivity index (χ2n) is 10.1. The molecule has 1 atom stereocenters. The van der Waals surface area contributed by atoms with E-state index in [4.69, 9.17) is 14.5 Å². The molecule has 10 heteroatoms. The molecule has 5 aromatic rings. The van der Waals surface area contributed by atoms with Gasteiger partial charge in [-0.1, -0.05) is 49.9 Å². The summed E-state index contributed by atoms with van der Waals surface area (Å²) in [6.07, 6.45) is 5.05. The number of benzene rings is 3. The molecular weight excluding hydrogens is 569 g/mol. The molecule has 1 unspecified atom stereocenters. The molecule has 3 aromatic carbocycles. The van der Waals surface area contributed by atoms with Crippen LogP contribution in [0.15, 0.2) is 74.0 Å². The number of hydrogen-bond donors (Lipinski definition) is 1. The third kappa shape index (κ3) is 6.01. The molecule has 2 heterocycles. The van der Waals surface area contributed by atoms with Crippen LogP contribution < -0.4 is 4.74 Å². The van der Waals surface area contributed by atoms with E-state index in [0.717, 1.165) is 0 Å². The lowest BCUT2D eigenvalue weighted by molar-refractivity contribution is -0.143. The number of aryl methyl sites for hydroxylation is 1. The van der Waals surface area contributed by atoms with Crippen molar-refractivity contribution in [2.45, 2.75) is 39.2 Å². The Morgan fingerprint density at radius 3 is 2.68 bits per heavy atom. The van der Waals surface area contributed by atoms with Crippen LogP contribution in [-0.4, -0.2) is 32.3 Å². The Labute approximate surface area is 252 Å². The van der Waals surface area contributed by atoms with Crippen LogP contribution in [0.1, 0.15) is 48.7 Å². The average Bonchev–Trinajstić information content (AvgIpc) is 3.66. The predicted molar refractivity (Wildman–Crippen MR) is 163 cm³/mol. The van der Waals surface area contributed by atoms with Gasteiger partial charge in [0.2, 0.25) is 0 Å². The SMILES string of the molecule is C=CCn1nc(C(C)c2cccc(CCC(=O)OCC)c2F)nc1-c1cc(Oc2c(F)cc3[nH]ccc3c2F)ccc1C=C. The van der Waals surface area contributed by atoms with Crippen molar-refractivity contribution in [3.05, 3.63) is 114 Å². The van der Waals surface area contributed by atoms with Crippen molar-refractivity contribution in [1.29, 1.82) is 0 Å². The molecule has 0 aliphatic rings. The maximum Gasteiger partial charge on any atom is 0.306 e. The standard InChI is InChI=1S/C34H31F3N4O3/c1-5-17-41-34(39-33(40-41)20(4)24-10-8-9-22(30(24)36)12-14-29(42)43-7-3)26-18-23(13-11-21(26)6-2)44-32-27(35)19-28-25(31(32)37)15-16-38-28/h5-6,8-11,13,15-16,18-20,38H,1-2,7,12,14,17H2,3-4H3. The first-order chi connectivity index (χ1) is 21.2. The molecule has 0 fully saturated rings. The van der Waals surface area contributed by atoms with Gasteiger partial charge < -0.3 is 14.5 Å². The largest absolute Gasteiger partial charge is 0.466 e. The number of carbonyl (C=O) groups excluding carboxylic acids is 1. The van der Waals surface area contributed by atoms with Crippen LogP contribution in [0.3, 0.4) is 0 Å². The van der Waals surface area contributed by atoms with E-state index >= 15 is 8.78 Å². The molecule has 0 saturated heterocycles. The van der Waals surface area contributed by atoms with Crippen molar-refractivity contribution in [3.8, 4) is 22.9 Å². The third-order valence-corrected chi connectivity index (χ3v) is 7.26. The van der Waals surface area contributed by atoms with Crippen LogP contribution in [0.2, 0.25) is 0 Å². The van der Waals surface area contributed by atoms with Gasteiger partial charge in [0, 0.05) is 35.6 Å². The van der Waals surface area contributed by atoms with Gasteiger partial charge in [-0.25, -0.2) is 22.8 Å². The second-order valence-corrected chi connectivity index (χ2v) is 10.1. The van der Waals surface area contributed by atoms with E-state index in [1.807, 2.05) is 0 Å². The molecule has 0 aliphatic heterocycles. The van der Waals surface area contributed by atoms with Gasteiger partial charge in [0.05, 0.1) is 18.7 Å². The number of hydrogen-bond acceptors (Lipinski definition) is 5. The molecule has 2 aromatic heterocycles. The van der Waals surface area contributed by atoms with Crippen molar-refractivity contribution in [2.75, 3.05) is 6.61 Å². The summed E-state index contributed by atoms with van der Waals surface area (Å²) in [5, 5.41) is 4.86. The maximum atomic E-state index is 15.6. The van der Waals surface area contributed by atoms with Crippen LogP contribution in [0.4, 0.5) is 13.2 Å². The van der Waals surface area contributed by atoms with Crippen LogP contribution in [0.5, 0.6) is 11.5 Å². The summed E-state index contributed by atoms with van der Waals surface area (Å²) in [4.78, 5) is 19.4. The minimum absolute atomic E-state index is 0.0640. The molecule has 7 nitrogen and oxygen atoms in total. The lowest BCUT2D eigenvalue weighted by Gasteiger charge is -2.13. The van der Waals surface area contributed by atoms with Gasteiger partial charge in [0.1, 0.15) is 11.6 Å². The average molecular weight is 601 g/mol. The number of allylic oxidation sites excluding steroid dienone is 1.